The van der Waals surface area contributed by atoms with Crippen LogP contribution < -0.4 is 14.5 Å². The molecule has 0 aliphatic carbocycles. The molecule has 6 nitrogen and oxygen atoms in total. The van der Waals surface area contributed by atoms with Crippen LogP contribution in [0.1, 0.15) is 6.92 Å². The molecule has 2 aromatic rings. The fraction of sp³-hybridized carbons (Fsp3) is 0.381. The first kappa shape index (κ1) is 19.0. The summed E-state index contributed by atoms with van der Waals surface area (Å²) in [5.74, 6) is 0.608. The second-order valence-corrected chi connectivity index (χ2v) is 6.50. The number of hydrogen-bond donors (Lipinski definition) is 1. The lowest BCUT2D eigenvalue weighted by Crippen LogP contribution is -2.49. The van der Waals surface area contributed by atoms with Crippen molar-refractivity contribution in [1.82, 2.24) is 4.90 Å². The lowest BCUT2D eigenvalue weighted by molar-refractivity contribution is 0.198. The minimum Gasteiger partial charge on any atom is -0.492 e. The standard InChI is InChI=1S/C21H27N3O3/c1-2-27-20-11-7-6-10-19(20)24(21(25)26)17-14-22-12-15-23(16-13-22)18-8-4-3-5-9-18/h3-11H,2,12-17H2,1H3,(H,25,26). The van der Waals surface area contributed by atoms with Crippen LogP contribution in [-0.4, -0.2) is 62.0 Å². The maximum Gasteiger partial charge on any atom is 0.411 e. The number of carbonyl (C=O) groups is 1. The van der Waals surface area contributed by atoms with Crippen molar-refractivity contribution in [3.05, 3.63) is 54.6 Å². The van der Waals surface area contributed by atoms with Gasteiger partial charge in [-0.1, -0.05) is 30.3 Å². The quantitative estimate of drug-likeness (QED) is 0.811. The third kappa shape index (κ3) is 4.92. The minimum atomic E-state index is -0.954. The normalized spacial score (nSPS) is 14.8. The first-order valence-electron chi connectivity index (χ1n) is 9.43. The number of benzene rings is 2. The van der Waals surface area contributed by atoms with Crippen LogP contribution >= 0.6 is 0 Å². The molecule has 0 radical (unpaired) electrons. The highest BCUT2D eigenvalue weighted by atomic mass is 16.5. The molecule has 1 aliphatic rings. The van der Waals surface area contributed by atoms with Gasteiger partial charge < -0.3 is 14.7 Å². The molecule has 0 saturated carbocycles. The van der Waals surface area contributed by atoms with E-state index in [-0.39, 0.29) is 0 Å². The number of carboxylic acid groups (broad SMARTS) is 1. The van der Waals surface area contributed by atoms with Gasteiger partial charge in [0.15, 0.2) is 0 Å². The molecule has 1 fully saturated rings. The van der Waals surface area contributed by atoms with Gasteiger partial charge in [-0.15, -0.1) is 0 Å². The fourth-order valence-corrected chi connectivity index (χ4v) is 3.39. The topological polar surface area (TPSA) is 56.2 Å². The molecule has 1 N–H and O–H groups in total. The lowest BCUT2D eigenvalue weighted by atomic mass is 10.2. The Morgan fingerprint density at radius 1 is 1.04 bits per heavy atom. The van der Waals surface area contributed by atoms with E-state index in [1.54, 1.807) is 6.07 Å². The summed E-state index contributed by atoms with van der Waals surface area (Å²) in [5.41, 5.74) is 1.85. The molecular weight excluding hydrogens is 342 g/mol. The van der Waals surface area contributed by atoms with Crippen LogP contribution in [0.25, 0.3) is 0 Å². The monoisotopic (exact) mass is 369 g/mol. The number of hydrogen-bond acceptors (Lipinski definition) is 4. The van der Waals surface area contributed by atoms with Crippen molar-refractivity contribution in [2.45, 2.75) is 6.92 Å². The Morgan fingerprint density at radius 3 is 2.37 bits per heavy atom. The molecule has 1 aliphatic heterocycles. The Labute approximate surface area is 160 Å². The first-order valence-corrected chi connectivity index (χ1v) is 9.43. The van der Waals surface area contributed by atoms with Gasteiger partial charge in [-0.2, -0.15) is 0 Å². The van der Waals surface area contributed by atoms with Crippen molar-refractivity contribution in [2.75, 3.05) is 55.7 Å². The molecule has 2 aromatic carbocycles. The average Bonchev–Trinajstić information content (AvgIpc) is 2.70. The molecular formula is C21H27N3O3. The largest absolute Gasteiger partial charge is 0.492 e. The van der Waals surface area contributed by atoms with E-state index in [9.17, 15) is 9.90 Å². The zero-order valence-corrected chi connectivity index (χ0v) is 15.8. The summed E-state index contributed by atoms with van der Waals surface area (Å²) in [6.45, 7) is 7.28. The van der Waals surface area contributed by atoms with Gasteiger partial charge in [0.25, 0.3) is 0 Å². The molecule has 1 saturated heterocycles. The van der Waals surface area contributed by atoms with Gasteiger partial charge in [0.05, 0.1) is 12.3 Å². The van der Waals surface area contributed by atoms with Crippen LogP contribution in [0, 0.1) is 0 Å². The van der Waals surface area contributed by atoms with Crippen molar-refractivity contribution in [2.24, 2.45) is 0 Å². The first-order chi connectivity index (χ1) is 13.2. The highest BCUT2D eigenvalue weighted by molar-refractivity contribution is 5.88. The van der Waals surface area contributed by atoms with Gasteiger partial charge in [-0.05, 0) is 31.2 Å². The Balaban J connectivity index is 1.57. The number of piperazine rings is 1. The van der Waals surface area contributed by atoms with E-state index in [0.717, 1.165) is 26.2 Å². The molecule has 0 unspecified atom stereocenters. The maximum atomic E-state index is 11.8. The van der Waals surface area contributed by atoms with Crippen LogP contribution in [0.4, 0.5) is 16.2 Å². The Kier molecular flexibility index (Phi) is 6.54. The van der Waals surface area contributed by atoms with Crippen molar-refractivity contribution in [1.29, 1.82) is 0 Å². The second kappa shape index (κ2) is 9.28. The molecule has 0 aromatic heterocycles. The summed E-state index contributed by atoms with van der Waals surface area (Å²) in [7, 11) is 0. The van der Waals surface area contributed by atoms with Crippen molar-refractivity contribution >= 4 is 17.5 Å². The van der Waals surface area contributed by atoms with Crippen molar-refractivity contribution < 1.29 is 14.6 Å². The summed E-state index contributed by atoms with van der Waals surface area (Å²) >= 11 is 0. The van der Waals surface area contributed by atoms with Crippen LogP contribution in [0.5, 0.6) is 5.75 Å². The zero-order chi connectivity index (χ0) is 19.1. The maximum absolute atomic E-state index is 11.8. The van der Waals surface area contributed by atoms with Gasteiger partial charge in [0.1, 0.15) is 5.75 Å². The number of ether oxygens (including phenoxy) is 1. The molecule has 27 heavy (non-hydrogen) atoms. The van der Waals surface area contributed by atoms with E-state index in [0.29, 0.717) is 31.1 Å². The second-order valence-electron chi connectivity index (χ2n) is 6.50. The number of amides is 1. The number of para-hydroxylation sites is 3. The number of nitrogens with zero attached hydrogens (tertiary/aromatic N) is 3. The highest BCUT2D eigenvalue weighted by Gasteiger charge is 2.22. The summed E-state index contributed by atoms with van der Waals surface area (Å²) in [6.07, 6.45) is -0.954. The SMILES string of the molecule is CCOc1ccccc1N(CCN1CCN(c2ccccc2)CC1)C(=O)O. The smallest absolute Gasteiger partial charge is 0.411 e. The van der Waals surface area contributed by atoms with Gasteiger partial charge >= 0.3 is 6.09 Å². The Morgan fingerprint density at radius 2 is 1.70 bits per heavy atom. The van der Waals surface area contributed by atoms with E-state index < -0.39 is 6.09 Å². The third-order valence-electron chi connectivity index (χ3n) is 4.82. The summed E-state index contributed by atoms with van der Waals surface area (Å²) in [4.78, 5) is 17.9. The predicted octanol–water partition coefficient (Wildman–Crippen LogP) is 3.39. The third-order valence-corrected chi connectivity index (χ3v) is 4.82. The molecule has 0 bridgehead atoms. The molecule has 6 heteroatoms. The van der Waals surface area contributed by atoms with Gasteiger partial charge in [-0.25, -0.2) is 4.79 Å². The summed E-state index contributed by atoms with van der Waals surface area (Å²) in [5, 5.41) is 9.68. The van der Waals surface area contributed by atoms with E-state index in [1.165, 1.54) is 10.6 Å². The molecule has 1 amide bonds. The van der Waals surface area contributed by atoms with Crippen LogP contribution in [0.15, 0.2) is 54.6 Å². The number of anilines is 2. The molecule has 3 rings (SSSR count). The lowest BCUT2D eigenvalue weighted by Gasteiger charge is -2.36. The zero-order valence-electron chi connectivity index (χ0n) is 15.8. The van der Waals surface area contributed by atoms with Crippen molar-refractivity contribution in [3.63, 3.8) is 0 Å². The molecule has 0 atom stereocenters. The predicted molar refractivity (Wildman–Crippen MR) is 108 cm³/mol. The minimum absolute atomic E-state index is 0.421. The van der Waals surface area contributed by atoms with Gasteiger partial charge in [-0.3, -0.25) is 9.80 Å². The van der Waals surface area contributed by atoms with Crippen LogP contribution in [0.3, 0.4) is 0 Å². The molecule has 144 valence electrons. The van der Waals surface area contributed by atoms with Gasteiger partial charge in [0.2, 0.25) is 0 Å². The van der Waals surface area contributed by atoms with Crippen molar-refractivity contribution in [3.8, 4) is 5.75 Å². The Hall–Kier alpha value is -2.73. The van der Waals surface area contributed by atoms with Crippen LogP contribution in [0.2, 0.25) is 0 Å². The molecule has 1 heterocycles. The summed E-state index contributed by atoms with van der Waals surface area (Å²) in [6, 6.07) is 17.7. The van der Waals surface area contributed by atoms with E-state index in [4.69, 9.17) is 4.74 Å². The van der Waals surface area contributed by atoms with Gasteiger partial charge in [0, 0.05) is 45.0 Å². The fourth-order valence-electron chi connectivity index (χ4n) is 3.39. The highest BCUT2D eigenvalue weighted by Crippen LogP contribution is 2.28. The molecule has 0 spiro atoms. The van der Waals surface area contributed by atoms with E-state index in [2.05, 4.69) is 34.1 Å². The Bertz CT molecular complexity index is 730. The average molecular weight is 369 g/mol. The van der Waals surface area contributed by atoms with E-state index in [1.807, 2.05) is 31.2 Å². The van der Waals surface area contributed by atoms with E-state index >= 15 is 0 Å². The summed E-state index contributed by atoms with van der Waals surface area (Å²) < 4.78 is 5.60. The van der Waals surface area contributed by atoms with Crippen LogP contribution in [-0.2, 0) is 0 Å². The number of rotatable bonds is 7.